The van der Waals surface area contributed by atoms with E-state index in [1.807, 2.05) is 27.8 Å². The third-order valence-corrected chi connectivity index (χ3v) is 3.35. The molecule has 1 rings (SSSR count). The van der Waals surface area contributed by atoms with Gasteiger partial charge in [-0.1, -0.05) is 13.8 Å². The van der Waals surface area contributed by atoms with Crippen LogP contribution in [-0.2, 0) is 4.74 Å². The summed E-state index contributed by atoms with van der Waals surface area (Å²) in [5, 5.41) is 13.5. The van der Waals surface area contributed by atoms with E-state index < -0.39 is 5.60 Å². The lowest BCUT2D eigenvalue weighted by atomic mass is 9.92. The molecule has 1 saturated heterocycles. The van der Waals surface area contributed by atoms with Gasteiger partial charge in [-0.25, -0.2) is 0 Å². The quantitative estimate of drug-likeness (QED) is 0.714. The molecule has 2 atom stereocenters. The Kier molecular flexibility index (Phi) is 5.18. The van der Waals surface area contributed by atoms with Crippen molar-refractivity contribution in [1.82, 2.24) is 10.2 Å². The van der Waals surface area contributed by atoms with Crippen molar-refractivity contribution in [2.75, 3.05) is 39.8 Å². The van der Waals surface area contributed by atoms with Crippen LogP contribution in [0.2, 0.25) is 0 Å². The summed E-state index contributed by atoms with van der Waals surface area (Å²) in [6, 6.07) is 0. The molecule has 4 nitrogen and oxygen atoms in total. The van der Waals surface area contributed by atoms with Gasteiger partial charge in [0.25, 0.3) is 0 Å². The lowest BCUT2D eigenvalue weighted by Crippen LogP contribution is -2.49. The molecule has 0 aromatic rings. The smallest absolute Gasteiger partial charge is 0.0826 e. The molecule has 2 unspecified atom stereocenters. The Bertz CT molecular complexity index is 201. The molecule has 2 N–H and O–H groups in total. The Hall–Kier alpha value is -0.160. The van der Waals surface area contributed by atoms with Crippen LogP contribution >= 0.6 is 0 Å². The normalized spacial score (nSPS) is 26.1. The Morgan fingerprint density at radius 1 is 1.56 bits per heavy atom. The van der Waals surface area contributed by atoms with Crippen LogP contribution in [0, 0.1) is 5.92 Å². The van der Waals surface area contributed by atoms with E-state index in [4.69, 9.17) is 4.74 Å². The first kappa shape index (κ1) is 13.9. The van der Waals surface area contributed by atoms with Gasteiger partial charge >= 0.3 is 0 Å². The van der Waals surface area contributed by atoms with Crippen LogP contribution in [0.25, 0.3) is 0 Å². The summed E-state index contributed by atoms with van der Waals surface area (Å²) in [5.41, 5.74) is -0.628. The zero-order chi connectivity index (χ0) is 12.2. The van der Waals surface area contributed by atoms with Crippen molar-refractivity contribution in [3.8, 4) is 0 Å². The van der Waals surface area contributed by atoms with Crippen molar-refractivity contribution in [2.45, 2.75) is 32.5 Å². The standard InChI is InChI=1S/C12H26N2O2/c1-10(2)12(3,15)9-14(4)8-11-7-13-5-6-16-11/h10-11,13,15H,5-9H2,1-4H3. The van der Waals surface area contributed by atoms with E-state index in [1.54, 1.807) is 0 Å². The maximum atomic E-state index is 10.2. The van der Waals surface area contributed by atoms with Gasteiger partial charge in [0.15, 0.2) is 0 Å². The summed E-state index contributed by atoms with van der Waals surface area (Å²) in [6.45, 7) is 10.2. The minimum Gasteiger partial charge on any atom is -0.389 e. The summed E-state index contributed by atoms with van der Waals surface area (Å²) in [4.78, 5) is 2.15. The summed E-state index contributed by atoms with van der Waals surface area (Å²) in [7, 11) is 2.04. The minimum atomic E-state index is -0.628. The molecular weight excluding hydrogens is 204 g/mol. The fourth-order valence-corrected chi connectivity index (χ4v) is 1.88. The molecule has 0 spiro atoms. The number of nitrogens with zero attached hydrogens (tertiary/aromatic N) is 1. The van der Waals surface area contributed by atoms with Gasteiger partial charge < -0.3 is 20.1 Å². The zero-order valence-corrected chi connectivity index (χ0v) is 11.0. The van der Waals surface area contributed by atoms with Gasteiger partial charge in [-0.3, -0.25) is 0 Å². The highest BCUT2D eigenvalue weighted by atomic mass is 16.5. The Balaban J connectivity index is 2.31. The average molecular weight is 230 g/mol. The van der Waals surface area contributed by atoms with Gasteiger partial charge in [0.05, 0.1) is 18.3 Å². The zero-order valence-electron chi connectivity index (χ0n) is 11.0. The van der Waals surface area contributed by atoms with Crippen LogP contribution in [0.1, 0.15) is 20.8 Å². The van der Waals surface area contributed by atoms with Gasteiger partial charge in [0, 0.05) is 26.2 Å². The molecule has 4 heteroatoms. The van der Waals surface area contributed by atoms with Crippen molar-refractivity contribution < 1.29 is 9.84 Å². The lowest BCUT2D eigenvalue weighted by Gasteiger charge is -2.34. The number of likely N-dealkylation sites (N-methyl/N-ethyl adjacent to an activating group) is 1. The van der Waals surface area contributed by atoms with E-state index in [0.717, 1.165) is 26.2 Å². The van der Waals surface area contributed by atoms with Crippen molar-refractivity contribution in [3.63, 3.8) is 0 Å². The van der Waals surface area contributed by atoms with Crippen molar-refractivity contribution in [3.05, 3.63) is 0 Å². The SMILES string of the molecule is CC(C)C(C)(O)CN(C)CC1CNCCO1. The first-order chi connectivity index (χ1) is 7.42. The third kappa shape index (κ3) is 4.37. The van der Waals surface area contributed by atoms with Gasteiger partial charge in [-0.15, -0.1) is 0 Å². The Morgan fingerprint density at radius 3 is 2.75 bits per heavy atom. The number of morpholine rings is 1. The van der Waals surface area contributed by atoms with Gasteiger partial charge in [-0.2, -0.15) is 0 Å². The number of nitrogens with one attached hydrogen (secondary N) is 1. The van der Waals surface area contributed by atoms with E-state index >= 15 is 0 Å². The van der Waals surface area contributed by atoms with Gasteiger partial charge in [-0.05, 0) is 19.9 Å². The number of aliphatic hydroxyl groups is 1. The largest absolute Gasteiger partial charge is 0.389 e. The molecule has 0 radical (unpaired) electrons. The maximum absolute atomic E-state index is 10.2. The van der Waals surface area contributed by atoms with Crippen molar-refractivity contribution >= 4 is 0 Å². The van der Waals surface area contributed by atoms with Crippen LogP contribution in [-0.4, -0.2) is 61.5 Å². The molecule has 1 aliphatic rings. The first-order valence-corrected chi connectivity index (χ1v) is 6.15. The number of hydrogen-bond acceptors (Lipinski definition) is 4. The predicted molar refractivity (Wildman–Crippen MR) is 65.6 cm³/mol. The second-order valence-electron chi connectivity index (χ2n) is 5.41. The topological polar surface area (TPSA) is 44.7 Å². The molecule has 0 aliphatic carbocycles. The molecule has 0 aromatic heterocycles. The highest BCUT2D eigenvalue weighted by molar-refractivity contribution is 4.81. The molecule has 1 aliphatic heterocycles. The fraction of sp³-hybridized carbons (Fsp3) is 1.00. The van der Waals surface area contributed by atoms with Crippen molar-refractivity contribution in [2.24, 2.45) is 5.92 Å². The Labute approximate surface area is 99.0 Å². The first-order valence-electron chi connectivity index (χ1n) is 6.15. The van der Waals surface area contributed by atoms with Crippen LogP contribution in [0.5, 0.6) is 0 Å². The molecule has 16 heavy (non-hydrogen) atoms. The van der Waals surface area contributed by atoms with Gasteiger partial charge in [0.2, 0.25) is 0 Å². The molecule has 0 amide bonds. The summed E-state index contributed by atoms with van der Waals surface area (Å²) in [5.74, 6) is 0.264. The second-order valence-corrected chi connectivity index (χ2v) is 5.41. The van der Waals surface area contributed by atoms with Gasteiger partial charge in [0.1, 0.15) is 0 Å². The summed E-state index contributed by atoms with van der Waals surface area (Å²) < 4.78 is 5.64. The second kappa shape index (κ2) is 5.96. The highest BCUT2D eigenvalue weighted by Gasteiger charge is 2.27. The van der Waals surface area contributed by atoms with Crippen LogP contribution < -0.4 is 5.32 Å². The van der Waals surface area contributed by atoms with Crippen molar-refractivity contribution in [1.29, 1.82) is 0 Å². The van der Waals surface area contributed by atoms with E-state index in [2.05, 4.69) is 10.2 Å². The third-order valence-electron chi connectivity index (χ3n) is 3.35. The van der Waals surface area contributed by atoms with Crippen LogP contribution in [0.4, 0.5) is 0 Å². The lowest BCUT2D eigenvalue weighted by molar-refractivity contribution is -0.0358. The maximum Gasteiger partial charge on any atom is 0.0826 e. The minimum absolute atomic E-state index is 0.252. The molecule has 1 fully saturated rings. The fourth-order valence-electron chi connectivity index (χ4n) is 1.88. The van der Waals surface area contributed by atoms with E-state index in [0.29, 0.717) is 6.54 Å². The molecule has 0 aromatic carbocycles. The van der Waals surface area contributed by atoms with Crippen LogP contribution in [0.3, 0.4) is 0 Å². The average Bonchev–Trinajstić information content (AvgIpc) is 2.17. The molecule has 0 saturated carbocycles. The Morgan fingerprint density at radius 2 is 2.25 bits per heavy atom. The van der Waals surface area contributed by atoms with Crippen LogP contribution in [0.15, 0.2) is 0 Å². The predicted octanol–water partition coefficient (Wildman–Crippen LogP) is 0.314. The number of rotatable bonds is 5. The molecule has 1 heterocycles. The monoisotopic (exact) mass is 230 g/mol. The van der Waals surface area contributed by atoms with E-state index in [-0.39, 0.29) is 12.0 Å². The number of hydrogen-bond donors (Lipinski definition) is 2. The highest BCUT2D eigenvalue weighted by Crippen LogP contribution is 2.17. The molecule has 96 valence electrons. The molecule has 0 bridgehead atoms. The molecular formula is C12H26N2O2. The summed E-state index contributed by atoms with van der Waals surface area (Å²) >= 11 is 0. The summed E-state index contributed by atoms with van der Waals surface area (Å²) in [6.07, 6.45) is 0.252. The van der Waals surface area contributed by atoms with E-state index in [9.17, 15) is 5.11 Å². The van der Waals surface area contributed by atoms with E-state index in [1.165, 1.54) is 0 Å². The number of ether oxygens (including phenoxy) is 1.